The van der Waals surface area contributed by atoms with Gasteiger partial charge in [-0.3, -0.25) is 0 Å². The van der Waals surface area contributed by atoms with Crippen LogP contribution in [0, 0.1) is 0 Å². The molecule has 3 heteroatoms. The zero-order chi connectivity index (χ0) is 15.6. The van der Waals surface area contributed by atoms with Crippen LogP contribution in [0.15, 0.2) is 54.6 Å². The van der Waals surface area contributed by atoms with Crippen molar-refractivity contribution in [2.45, 2.75) is 25.8 Å². The second-order valence-electron chi connectivity index (χ2n) is 5.46. The minimum absolute atomic E-state index is 0.514. The first-order valence-electron chi connectivity index (χ1n) is 7.94. The van der Waals surface area contributed by atoms with Crippen molar-refractivity contribution in [3.8, 4) is 11.5 Å². The van der Waals surface area contributed by atoms with Crippen LogP contribution in [0.5, 0.6) is 11.5 Å². The maximum atomic E-state index is 5.75. The highest BCUT2D eigenvalue weighted by atomic mass is 16.5. The molecule has 1 atom stereocenters. The van der Waals surface area contributed by atoms with Crippen LogP contribution < -0.4 is 14.8 Å². The van der Waals surface area contributed by atoms with Gasteiger partial charge < -0.3 is 14.8 Å². The molecule has 22 heavy (non-hydrogen) atoms. The molecular formula is C19H26NO2+. The quantitative estimate of drug-likeness (QED) is 0.722. The van der Waals surface area contributed by atoms with Gasteiger partial charge in [0.05, 0.1) is 20.3 Å². The summed E-state index contributed by atoms with van der Waals surface area (Å²) < 4.78 is 10.9. The topological polar surface area (TPSA) is 35.1 Å². The molecule has 0 unspecified atom stereocenters. The summed E-state index contributed by atoms with van der Waals surface area (Å²) in [5.41, 5.74) is 1.38. The van der Waals surface area contributed by atoms with Crippen molar-refractivity contribution >= 4 is 0 Å². The van der Waals surface area contributed by atoms with Crippen LogP contribution in [-0.2, 0) is 0 Å². The van der Waals surface area contributed by atoms with Crippen LogP contribution >= 0.6 is 0 Å². The molecule has 2 aromatic rings. The Kier molecular flexibility index (Phi) is 6.78. The summed E-state index contributed by atoms with van der Waals surface area (Å²) in [6, 6.07) is 18.9. The summed E-state index contributed by atoms with van der Waals surface area (Å²) in [5, 5.41) is 2.39. The summed E-state index contributed by atoms with van der Waals surface area (Å²) in [6.07, 6.45) is 2.22. The summed E-state index contributed by atoms with van der Waals surface area (Å²) in [5.74, 6) is 1.71. The molecular weight excluding hydrogens is 274 g/mol. The van der Waals surface area contributed by atoms with Gasteiger partial charge in [-0.25, -0.2) is 0 Å². The normalized spacial score (nSPS) is 11.9. The molecule has 118 valence electrons. The number of unbranched alkanes of at least 4 members (excludes halogenated alkanes) is 1. The van der Waals surface area contributed by atoms with Gasteiger partial charge in [0.25, 0.3) is 0 Å². The third-order valence-corrected chi connectivity index (χ3v) is 3.75. The van der Waals surface area contributed by atoms with Gasteiger partial charge in [-0.15, -0.1) is 0 Å². The third-order valence-electron chi connectivity index (χ3n) is 3.75. The van der Waals surface area contributed by atoms with E-state index in [4.69, 9.17) is 9.47 Å². The Bertz CT molecular complexity index is 542. The molecule has 0 spiro atoms. The summed E-state index contributed by atoms with van der Waals surface area (Å²) in [4.78, 5) is 0. The molecule has 2 rings (SSSR count). The fraction of sp³-hybridized carbons (Fsp3) is 0.368. The molecule has 0 saturated heterocycles. The number of quaternary nitrogens is 1. The van der Waals surface area contributed by atoms with Crippen LogP contribution in [0.4, 0.5) is 0 Å². The lowest BCUT2D eigenvalue weighted by Gasteiger charge is -2.11. The first-order valence-corrected chi connectivity index (χ1v) is 7.94. The average molecular weight is 300 g/mol. The Morgan fingerprint density at radius 2 is 1.73 bits per heavy atom. The van der Waals surface area contributed by atoms with Gasteiger partial charge in [0.2, 0.25) is 0 Å². The lowest BCUT2D eigenvalue weighted by molar-refractivity contribution is -0.693. The van der Waals surface area contributed by atoms with Crippen LogP contribution in [-0.4, -0.2) is 20.3 Å². The van der Waals surface area contributed by atoms with Crippen molar-refractivity contribution in [3.05, 3.63) is 60.2 Å². The van der Waals surface area contributed by atoms with E-state index in [-0.39, 0.29) is 0 Å². The number of nitrogens with two attached hydrogens (primary N) is 1. The highest BCUT2D eigenvalue weighted by Crippen LogP contribution is 2.18. The average Bonchev–Trinajstić information content (AvgIpc) is 2.58. The highest BCUT2D eigenvalue weighted by Gasteiger charge is 2.06. The van der Waals surface area contributed by atoms with E-state index in [1.165, 1.54) is 5.56 Å². The van der Waals surface area contributed by atoms with Crippen molar-refractivity contribution in [3.63, 3.8) is 0 Å². The molecule has 3 nitrogen and oxygen atoms in total. The van der Waals surface area contributed by atoms with E-state index >= 15 is 0 Å². The Hall–Kier alpha value is -2.00. The molecule has 0 saturated carbocycles. The van der Waals surface area contributed by atoms with E-state index < -0.39 is 0 Å². The molecule has 0 bridgehead atoms. The molecule has 0 aliphatic rings. The van der Waals surface area contributed by atoms with E-state index in [1.54, 1.807) is 7.11 Å². The van der Waals surface area contributed by atoms with Gasteiger partial charge in [0.15, 0.2) is 0 Å². The molecule has 0 aliphatic heterocycles. The van der Waals surface area contributed by atoms with Crippen molar-refractivity contribution in [2.24, 2.45) is 0 Å². The molecule has 0 aromatic heterocycles. The van der Waals surface area contributed by atoms with E-state index in [0.717, 1.165) is 37.5 Å². The Morgan fingerprint density at radius 1 is 0.955 bits per heavy atom. The molecule has 0 radical (unpaired) electrons. The SMILES string of the molecule is COc1cccc(OCCCC[NH2+][C@@H](C)c2ccccc2)c1. The summed E-state index contributed by atoms with van der Waals surface area (Å²) in [6.45, 7) is 4.13. The van der Waals surface area contributed by atoms with Crippen LogP contribution in [0.25, 0.3) is 0 Å². The predicted molar refractivity (Wildman–Crippen MR) is 89.4 cm³/mol. The van der Waals surface area contributed by atoms with Gasteiger partial charge >= 0.3 is 0 Å². The van der Waals surface area contributed by atoms with E-state index in [2.05, 4.69) is 42.6 Å². The lowest BCUT2D eigenvalue weighted by Crippen LogP contribution is -2.84. The number of methoxy groups -OCH3 is 1. The third kappa shape index (κ3) is 5.41. The zero-order valence-corrected chi connectivity index (χ0v) is 13.5. The number of benzene rings is 2. The minimum atomic E-state index is 0.514. The van der Waals surface area contributed by atoms with Crippen molar-refractivity contribution < 1.29 is 14.8 Å². The van der Waals surface area contributed by atoms with Gasteiger partial charge in [0, 0.05) is 11.6 Å². The number of hydrogen-bond donors (Lipinski definition) is 1. The Labute approximate surface area is 133 Å². The van der Waals surface area contributed by atoms with Gasteiger partial charge in [-0.1, -0.05) is 36.4 Å². The number of ether oxygens (including phenoxy) is 2. The van der Waals surface area contributed by atoms with E-state index in [0.29, 0.717) is 6.04 Å². The number of hydrogen-bond acceptors (Lipinski definition) is 2. The van der Waals surface area contributed by atoms with Crippen molar-refractivity contribution in [2.75, 3.05) is 20.3 Å². The fourth-order valence-electron chi connectivity index (χ4n) is 2.39. The molecule has 0 aliphatic carbocycles. The highest BCUT2D eigenvalue weighted by molar-refractivity contribution is 5.32. The first kappa shape index (κ1) is 16.4. The minimum Gasteiger partial charge on any atom is -0.497 e. The molecule has 2 N–H and O–H groups in total. The van der Waals surface area contributed by atoms with Crippen molar-refractivity contribution in [1.82, 2.24) is 0 Å². The summed E-state index contributed by atoms with van der Waals surface area (Å²) in [7, 11) is 1.67. The first-order chi connectivity index (χ1) is 10.8. The van der Waals surface area contributed by atoms with Gasteiger partial charge in [-0.05, 0) is 31.9 Å². The second-order valence-corrected chi connectivity index (χ2v) is 5.46. The largest absolute Gasteiger partial charge is 0.497 e. The standard InChI is InChI=1S/C19H25NO2/c1-16(17-9-4-3-5-10-17)20-13-6-7-14-22-19-12-8-11-18(15-19)21-2/h3-5,8-12,15-16,20H,6-7,13-14H2,1-2H3/p+1/t16-/m0/s1. The predicted octanol–water partition coefficient (Wildman–Crippen LogP) is 3.18. The second kappa shape index (κ2) is 9.11. The lowest BCUT2D eigenvalue weighted by atomic mass is 10.1. The van der Waals surface area contributed by atoms with Gasteiger partial charge in [0.1, 0.15) is 17.5 Å². The molecule has 2 aromatic carbocycles. The van der Waals surface area contributed by atoms with Crippen LogP contribution in [0.2, 0.25) is 0 Å². The number of rotatable bonds is 9. The molecule has 0 heterocycles. The molecule has 0 amide bonds. The Balaban J connectivity index is 1.59. The maximum Gasteiger partial charge on any atom is 0.122 e. The van der Waals surface area contributed by atoms with Crippen molar-refractivity contribution in [1.29, 1.82) is 0 Å². The maximum absolute atomic E-state index is 5.75. The molecule has 0 fully saturated rings. The zero-order valence-electron chi connectivity index (χ0n) is 13.5. The smallest absolute Gasteiger partial charge is 0.122 e. The van der Waals surface area contributed by atoms with Crippen LogP contribution in [0.1, 0.15) is 31.4 Å². The van der Waals surface area contributed by atoms with Crippen LogP contribution in [0.3, 0.4) is 0 Å². The summed E-state index contributed by atoms with van der Waals surface area (Å²) >= 11 is 0. The van der Waals surface area contributed by atoms with Gasteiger partial charge in [-0.2, -0.15) is 0 Å². The van der Waals surface area contributed by atoms with E-state index in [1.807, 2.05) is 24.3 Å². The fourth-order valence-corrected chi connectivity index (χ4v) is 2.39. The monoisotopic (exact) mass is 300 g/mol. The van der Waals surface area contributed by atoms with E-state index in [9.17, 15) is 0 Å². The Morgan fingerprint density at radius 3 is 2.50 bits per heavy atom.